The van der Waals surface area contributed by atoms with Gasteiger partial charge in [-0.1, -0.05) is 54.6 Å². The SMILES string of the molecule is C#CC(=O)Cc1ccc(-c2cc(Cc3ccccc3)cc(Nc3cc(C)n(C(=O)OC(C)(C)C)n3)n2)cc1. The van der Waals surface area contributed by atoms with Crippen LogP contribution in [0.3, 0.4) is 0 Å². The van der Waals surface area contributed by atoms with Crippen molar-refractivity contribution in [1.82, 2.24) is 14.8 Å². The van der Waals surface area contributed by atoms with Crippen LogP contribution in [0.25, 0.3) is 11.3 Å². The van der Waals surface area contributed by atoms with E-state index >= 15 is 0 Å². The molecule has 0 fully saturated rings. The number of hydrogen-bond acceptors (Lipinski definition) is 6. The number of hydrogen-bond donors (Lipinski definition) is 1. The van der Waals surface area contributed by atoms with E-state index in [1.54, 1.807) is 13.0 Å². The molecule has 0 atom stereocenters. The molecule has 0 aliphatic heterocycles. The van der Waals surface area contributed by atoms with E-state index < -0.39 is 11.7 Å². The average molecular weight is 507 g/mol. The number of nitrogens with one attached hydrogen (secondary N) is 1. The van der Waals surface area contributed by atoms with Crippen molar-refractivity contribution in [3.63, 3.8) is 0 Å². The van der Waals surface area contributed by atoms with Gasteiger partial charge in [0.25, 0.3) is 0 Å². The van der Waals surface area contributed by atoms with E-state index in [9.17, 15) is 9.59 Å². The molecule has 4 rings (SSSR count). The van der Waals surface area contributed by atoms with E-state index in [1.165, 1.54) is 10.2 Å². The van der Waals surface area contributed by atoms with Crippen molar-refractivity contribution < 1.29 is 14.3 Å². The molecule has 2 aromatic carbocycles. The topological polar surface area (TPSA) is 86.1 Å². The third-order valence-electron chi connectivity index (χ3n) is 5.62. The Balaban J connectivity index is 1.65. The van der Waals surface area contributed by atoms with Gasteiger partial charge in [0.05, 0.1) is 5.69 Å². The lowest BCUT2D eigenvalue weighted by Gasteiger charge is -2.19. The number of ketones is 1. The highest BCUT2D eigenvalue weighted by atomic mass is 16.6. The van der Waals surface area contributed by atoms with E-state index in [-0.39, 0.29) is 12.2 Å². The maximum absolute atomic E-state index is 12.6. The number of nitrogens with zero attached hydrogens (tertiary/aromatic N) is 3. The molecule has 4 aromatic rings. The fourth-order valence-electron chi connectivity index (χ4n) is 3.92. The number of pyridine rings is 1. The van der Waals surface area contributed by atoms with Crippen LogP contribution in [-0.4, -0.2) is 32.2 Å². The van der Waals surface area contributed by atoms with Gasteiger partial charge >= 0.3 is 6.09 Å². The molecule has 2 heterocycles. The summed E-state index contributed by atoms with van der Waals surface area (Å²) in [5.74, 6) is 2.96. The molecule has 2 aromatic heterocycles. The molecule has 38 heavy (non-hydrogen) atoms. The van der Waals surface area contributed by atoms with Gasteiger partial charge in [-0.3, -0.25) is 4.79 Å². The Morgan fingerprint density at radius 1 is 0.947 bits per heavy atom. The zero-order valence-corrected chi connectivity index (χ0v) is 22.0. The molecule has 0 aliphatic carbocycles. The van der Waals surface area contributed by atoms with Crippen LogP contribution in [0.1, 0.15) is 43.2 Å². The lowest BCUT2D eigenvalue weighted by Crippen LogP contribution is -2.28. The van der Waals surface area contributed by atoms with Gasteiger partial charge in [-0.15, -0.1) is 11.5 Å². The van der Waals surface area contributed by atoms with Gasteiger partial charge in [-0.2, -0.15) is 4.68 Å². The average Bonchev–Trinajstić information content (AvgIpc) is 3.23. The van der Waals surface area contributed by atoms with Crippen molar-refractivity contribution in [2.24, 2.45) is 0 Å². The van der Waals surface area contributed by atoms with Crippen LogP contribution in [0, 0.1) is 19.3 Å². The molecule has 0 aliphatic rings. The summed E-state index contributed by atoms with van der Waals surface area (Å²) in [6.45, 7) is 7.23. The number of aromatic nitrogens is 3. The summed E-state index contributed by atoms with van der Waals surface area (Å²) in [7, 11) is 0. The van der Waals surface area contributed by atoms with Crippen molar-refractivity contribution >= 4 is 23.5 Å². The molecule has 0 spiro atoms. The van der Waals surface area contributed by atoms with Gasteiger partial charge in [0, 0.05) is 23.7 Å². The van der Waals surface area contributed by atoms with E-state index in [0.717, 1.165) is 22.4 Å². The van der Waals surface area contributed by atoms with E-state index in [0.29, 0.717) is 23.8 Å². The molecule has 0 amide bonds. The highest BCUT2D eigenvalue weighted by molar-refractivity contribution is 5.96. The Hall–Kier alpha value is -4.70. The van der Waals surface area contributed by atoms with Gasteiger partial charge in [0.15, 0.2) is 5.82 Å². The Bertz CT molecular complexity index is 1490. The predicted molar refractivity (Wildman–Crippen MR) is 148 cm³/mol. The smallest absolute Gasteiger partial charge is 0.435 e. The van der Waals surface area contributed by atoms with Gasteiger partial charge in [0.2, 0.25) is 5.78 Å². The zero-order valence-electron chi connectivity index (χ0n) is 22.0. The molecular formula is C31H30N4O3. The first-order valence-electron chi connectivity index (χ1n) is 12.3. The third-order valence-corrected chi connectivity index (χ3v) is 5.62. The molecule has 0 saturated carbocycles. The van der Waals surface area contributed by atoms with Crippen molar-refractivity contribution in [3.05, 3.63) is 95.2 Å². The number of anilines is 2. The van der Waals surface area contributed by atoms with Crippen LogP contribution in [0.2, 0.25) is 0 Å². The van der Waals surface area contributed by atoms with Crippen LogP contribution in [0.5, 0.6) is 0 Å². The minimum Gasteiger partial charge on any atom is -0.442 e. The highest BCUT2D eigenvalue weighted by Gasteiger charge is 2.20. The van der Waals surface area contributed by atoms with Crippen LogP contribution in [-0.2, 0) is 22.4 Å². The number of carbonyl (C=O) groups excluding carboxylic acids is 2. The lowest BCUT2D eigenvalue weighted by molar-refractivity contribution is -0.113. The fraction of sp³-hybridized carbons (Fsp3) is 0.226. The normalized spacial score (nSPS) is 11.0. The van der Waals surface area contributed by atoms with Gasteiger partial charge in [-0.25, -0.2) is 9.78 Å². The second kappa shape index (κ2) is 11.1. The van der Waals surface area contributed by atoms with Crippen LogP contribution >= 0.6 is 0 Å². The first kappa shape index (κ1) is 26.4. The van der Waals surface area contributed by atoms with Gasteiger partial charge < -0.3 is 10.1 Å². The summed E-state index contributed by atoms with van der Waals surface area (Å²) in [4.78, 5) is 29.0. The molecule has 1 N–H and O–H groups in total. The molecule has 0 unspecified atom stereocenters. The molecule has 7 nitrogen and oxygen atoms in total. The summed E-state index contributed by atoms with van der Waals surface area (Å²) in [6, 6.07) is 23.6. The van der Waals surface area contributed by atoms with Gasteiger partial charge in [0.1, 0.15) is 11.4 Å². The van der Waals surface area contributed by atoms with E-state index in [4.69, 9.17) is 16.1 Å². The Kier molecular flexibility index (Phi) is 7.73. The number of rotatable bonds is 7. The molecule has 0 bridgehead atoms. The molecular weight excluding hydrogens is 476 g/mol. The lowest BCUT2D eigenvalue weighted by atomic mass is 10.0. The maximum Gasteiger partial charge on any atom is 0.435 e. The largest absolute Gasteiger partial charge is 0.442 e. The molecule has 0 radical (unpaired) electrons. The summed E-state index contributed by atoms with van der Waals surface area (Å²) in [6.07, 6.45) is 5.58. The van der Waals surface area contributed by atoms with E-state index in [2.05, 4.69) is 28.5 Å². The first-order chi connectivity index (χ1) is 18.1. The standard InChI is InChI=1S/C31H30N4O3/c1-6-26(36)18-23-12-14-25(15-13-23)27-19-24(17-22-10-8-7-9-11-22)20-28(32-27)33-29-16-21(2)35(34-29)30(37)38-31(3,4)5/h1,7-16,19-20H,17-18H2,2-5H3,(H,32,33,34). The van der Waals surface area contributed by atoms with E-state index in [1.807, 2.05) is 75.4 Å². The molecule has 192 valence electrons. The number of benzene rings is 2. The minimum absolute atomic E-state index is 0.199. The number of carbonyl (C=O) groups is 2. The highest BCUT2D eigenvalue weighted by Crippen LogP contribution is 2.26. The van der Waals surface area contributed by atoms with Crippen molar-refractivity contribution in [2.45, 2.75) is 46.1 Å². The van der Waals surface area contributed by atoms with Crippen molar-refractivity contribution in [1.29, 1.82) is 0 Å². The fourth-order valence-corrected chi connectivity index (χ4v) is 3.92. The summed E-state index contributed by atoms with van der Waals surface area (Å²) < 4.78 is 6.69. The number of aryl methyl sites for hydroxylation is 1. The maximum atomic E-state index is 12.6. The predicted octanol–water partition coefficient (Wildman–Crippen LogP) is 6.12. The van der Waals surface area contributed by atoms with Crippen LogP contribution in [0.4, 0.5) is 16.4 Å². The Labute approximate surface area is 222 Å². The van der Waals surface area contributed by atoms with Crippen LogP contribution < -0.4 is 5.32 Å². The minimum atomic E-state index is -0.630. The summed E-state index contributed by atoms with van der Waals surface area (Å²) in [5, 5.41) is 7.64. The number of Topliss-reactive ketones (excluding diaryl/α,β-unsaturated/α-hetero) is 1. The second-order valence-corrected chi connectivity index (χ2v) is 10.0. The van der Waals surface area contributed by atoms with Crippen LogP contribution in [0.15, 0.2) is 72.8 Å². The Morgan fingerprint density at radius 3 is 2.32 bits per heavy atom. The van der Waals surface area contributed by atoms with Gasteiger partial charge in [-0.05, 0) is 68.9 Å². The number of terminal acetylenes is 1. The van der Waals surface area contributed by atoms with Crippen molar-refractivity contribution in [3.8, 4) is 23.6 Å². The monoisotopic (exact) mass is 506 g/mol. The summed E-state index contributed by atoms with van der Waals surface area (Å²) >= 11 is 0. The quantitative estimate of drug-likeness (QED) is 0.240. The third kappa shape index (κ3) is 6.95. The zero-order chi connectivity index (χ0) is 27.3. The number of ether oxygens (including phenoxy) is 1. The first-order valence-corrected chi connectivity index (χ1v) is 12.3. The Morgan fingerprint density at radius 2 is 1.66 bits per heavy atom. The molecule has 0 saturated heterocycles. The second-order valence-electron chi connectivity index (χ2n) is 10.0. The molecule has 7 heteroatoms. The summed E-state index contributed by atoms with van der Waals surface area (Å²) in [5.41, 5.74) is 4.74. The van der Waals surface area contributed by atoms with Crippen molar-refractivity contribution in [2.75, 3.05) is 5.32 Å².